The molecule has 0 radical (unpaired) electrons. The molecule has 1 aromatic rings. The van der Waals surface area contributed by atoms with Crippen molar-refractivity contribution < 1.29 is 82.5 Å². The first-order valence-corrected chi connectivity index (χ1v) is 23.7. The van der Waals surface area contributed by atoms with Crippen molar-refractivity contribution in [2.45, 2.75) is 209 Å². The molecule has 0 spiro atoms. The lowest BCUT2D eigenvalue weighted by Crippen LogP contribution is -2.78. The molecule has 1 aromatic carbocycles. The van der Waals surface area contributed by atoms with Crippen molar-refractivity contribution >= 4 is 11.8 Å². The number of ketones is 1. The van der Waals surface area contributed by atoms with Gasteiger partial charge in [0.15, 0.2) is 24.7 Å². The first kappa shape index (κ1) is 49.8. The molecule has 3 saturated carbocycles. The zero-order valence-corrected chi connectivity index (χ0v) is 39.8. The zero-order chi connectivity index (χ0) is 47.7. The molecule has 8 rings (SSSR count). The Balaban J connectivity index is 0.927. The van der Waals surface area contributed by atoms with Gasteiger partial charge in [-0.25, -0.2) is 4.79 Å². The van der Waals surface area contributed by atoms with E-state index in [-0.39, 0.29) is 49.2 Å². The van der Waals surface area contributed by atoms with Crippen LogP contribution in [0, 0.1) is 16.7 Å². The lowest BCUT2D eigenvalue weighted by atomic mass is 9.42. The molecule has 66 heavy (non-hydrogen) atoms. The average molecular weight is 933 g/mol. The molecule has 0 unspecified atom stereocenters. The monoisotopic (exact) mass is 932 g/mol. The van der Waals surface area contributed by atoms with E-state index in [1.807, 2.05) is 19.9 Å². The van der Waals surface area contributed by atoms with Crippen LogP contribution in [-0.4, -0.2) is 161 Å². The third-order valence-electron chi connectivity index (χ3n) is 17.2. The van der Waals surface area contributed by atoms with E-state index in [1.165, 1.54) is 31.2 Å². The third kappa shape index (κ3) is 8.18. The molecule has 370 valence electrons. The van der Waals surface area contributed by atoms with E-state index in [2.05, 4.69) is 6.92 Å². The highest BCUT2D eigenvalue weighted by molar-refractivity contribution is 5.90. The average Bonchev–Trinajstić information content (AvgIpc) is 3.51. The normalized spacial score (nSPS) is 48.1. The van der Waals surface area contributed by atoms with Crippen LogP contribution in [-0.2, 0) is 52.2 Å². The van der Waals surface area contributed by atoms with E-state index in [4.69, 9.17) is 47.4 Å². The van der Waals surface area contributed by atoms with E-state index in [9.17, 15) is 35.1 Å². The number of Topliss-reactive ketones (excluding diaryl/α,β-unsaturated/α-hetero) is 1. The van der Waals surface area contributed by atoms with Gasteiger partial charge in [0, 0.05) is 46.5 Å². The minimum Gasteiger partial charge on any atom is -0.508 e. The maximum atomic E-state index is 13.7. The van der Waals surface area contributed by atoms with E-state index in [1.54, 1.807) is 35.2 Å². The number of fused-ring (bicyclic) bond motifs is 5. The summed E-state index contributed by atoms with van der Waals surface area (Å²) in [4.78, 5) is 27.0. The number of ether oxygens (including phenoxy) is 10. The Morgan fingerprint density at radius 1 is 0.727 bits per heavy atom. The first-order chi connectivity index (χ1) is 31.2. The van der Waals surface area contributed by atoms with Crippen molar-refractivity contribution in [1.29, 1.82) is 0 Å². The van der Waals surface area contributed by atoms with Gasteiger partial charge in [-0.3, -0.25) is 4.79 Å². The molecule has 20 atom stereocenters. The molecule has 6 fully saturated rings. The van der Waals surface area contributed by atoms with Crippen molar-refractivity contribution in [3.63, 3.8) is 0 Å². The quantitative estimate of drug-likeness (QED) is 0.147. The van der Waals surface area contributed by atoms with Gasteiger partial charge in [0.25, 0.3) is 0 Å². The van der Waals surface area contributed by atoms with Crippen LogP contribution in [0.5, 0.6) is 5.75 Å². The van der Waals surface area contributed by atoms with E-state index in [0.717, 1.165) is 5.57 Å². The van der Waals surface area contributed by atoms with E-state index >= 15 is 0 Å². The standard InChI is InChI=1S/C49H72O17/c1-25-41(52)33(57-7)21-39(60-25)65-43-27(3)62-40(23-35(43)59-9)66-42-26(2)61-38(22-34(42)58-8)63-32-15-16-45(5)30(20-32)14-17-48(55)36(45)24-37(64-44(53)29-10-12-31(51)13-11-29)46(6)47(54,28(4)50)18-19-49(46,48)56/h10-14,25-27,32-43,51-52,54-56H,15-24H2,1-9H3/t25-,26-,27-,32+,33-,34+,35+,36-,37-,38+,39+,40+,41-,42-,43-,45+,46-,47-,48+,49-/m1/s1. The fraction of sp³-hybridized carbons (Fsp3) is 0.796. The number of esters is 1. The number of benzene rings is 1. The van der Waals surface area contributed by atoms with Gasteiger partial charge in [-0.05, 0) is 109 Å². The highest BCUT2D eigenvalue weighted by Gasteiger charge is 2.81. The number of hydrogen-bond acceptors (Lipinski definition) is 17. The second kappa shape index (κ2) is 18.6. The Morgan fingerprint density at radius 2 is 1.27 bits per heavy atom. The lowest BCUT2D eigenvalue weighted by Gasteiger charge is -2.67. The number of aliphatic hydroxyl groups is 4. The topological polar surface area (TPSA) is 228 Å². The SMILES string of the molecule is CO[C@H]1C[C@H](O[C@H]2CC[C@@]3(C)C(=CC[C@]4(O)[C@@H]3C[C@@H](OC(=O)c3ccc(O)cc3)[C@@]3(C)[C@]4(O)CC[C@@]3(O)C(C)=O)C2)O[C@H](C)[C@H]1O[C@H]1C[C@H](OC)[C@H](O[C@H]2C[C@@H](OC)[C@H](O)[C@@H](C)O2)[C@@H](C)O1. The summed E-state index contributed by atoms with van der Waals surface area (Å²) < 4.78 is 62.1. The van der Waals surface area contributed by atoms with Crippen molar-refractivity contribution in [2.75, 3.05) is 21.3 Å². The molecule has 17 heteroatoms. The number of hydrogen-bond donors (Lipinski definition) is 5. The lowest BCUT2D eigenvalue weighted by molar-refractivity contribution is -0.338. The molecule has 5 N–H and O–H groups in total. The van der Waals surface area contributed by atoms with Crippen molar-refractivity contribution in [2.24, 2.45) is 16.7 Å². The van der Waals surface area contributed by atoms with Gasteiger partial charge in [-0.1, -0.05) is 18.6 Å². The summed E-state index contributed by atoms with van der Waals surface area (Å²) in [6, 6.07) is 5.59. The van der Waals surface area contributed by atoms with Gasteiger partial charge in [0.2, 0.25) is 0 Å². The number of phenols is 1. The van der Waals surface area contributed by atoms with Crippen LogP contribution >= 0.6 is 0 Å². The maximum absolute atomic E-state index is 13.7. The van der Waals surface area contributed by atoms with Crippen molar-refractivity contribution in [3.8, 4) is 5.75 Å². The summed E-state index contributed by atoms with van der Waals surface area (Å²) in [6.07, 6.45) is -2.66. The predicted molar refractivity (Wildman–Crippen MR) is 233 cm³/mol. The summed E-state index contributed by atoms with van der Waals surface area (Å²) in [5.41, 5.74) is -7.01. The summed E-state index contributed by atoms with van der Waals surface area (Å²) in [5, 5.41) is 58.2. The molecule has 7 aliphatic rings. The minimum atomic E-state index is -2.07. The fourth-order valence-electron chi connectivity index (χ4n) is 13.2. The maximum Gasteiger partial charge on any atom is 0.338 e. The Bertz CT molecular complexity index is 1950. The number of rotatable bonds is 12. The molecular formula is C49H72O17. The summed E-state index contributed by atoms with van der Waals surface area (Å²) in [7, 11) is 4.82. The van der Waals surface area contributed by atoms with Crippen molar-refractivity contribution in [1.82, 2.24) is 0 Å². The molecular weight excluding hydrogens is 861 g/mol. The Labute approximate surface area is 387 Å². The second-order valence-corrected chi connectivity index (χ2v) is 20.5. The van der Waals surface area contributed by atoms with Crippen LogP contribution < -0.4 is 0 Å². The molecule has 3 aliphatic heterocycles. The molecule has 3 heterocycles. The molecule has 3 saturated heterocycles. The van der Waals surface area contributed by atoms with Crippen LogP contribution in [0.15, 0.2) is 35.9 Å². The minimum absolute atomic E-state index is 0.0274. The second-order valence-electron chi connectivity index (χ2n) is 20.5. The number of methoxy groups -OCH3 is 3. The van der Waals surface area contributed by atoms with Crippen LogP contribution in [0.1, 0.15) is 116 Å². The molecule has 0 bridgehead atoms. The number of phenolic OH excluding ortho intramolecular Hbond substituents is 1. The van der Waals surface area contributed by atoms with E-state index in [0.29, 0.717) is 38.5 Å². The fourth-order valence-corrected chi connectivity index (χ4v) is 13.2. The van der Waals surface area contributed by atoms with E-state index < -0.39 is 119 Å². The van der Waals surface area contributed by atoms with Crippen LogP contribution in [0.25, 0.3) is 0 Å². The molecule has 0 amide bonds. The Hall–Kier alpha value is -2.62. The van der Waals surface area contributed by atoms with Gasteiger partial charge in [0.1, 0.15) is 47.0 Å². The van der Waals surface area contributed by atoms with Gasteiger partial charge in [-0.15, -0.1) is 0 Å². The number of aromatic hydroxyl groups is 1. The van der Waals surface area contributed by atoms with Crippen LogP contribution in [0.3, 0.4) is 0 Å². The van der Waals surface area contributed by atoms with Gasteiger partial charge in [-0.2, -0.15) is 0 Å². The zero-order valence-electron chi connectivity index (χ0n) is 39.8. The van der Waals surface area contributed by atoms with Gasteiger partial charge < -0.3 is 72.9 Å². The highest BCUT2D eigenvalue weighted by Crippen LogP contribution is 2.71. The smallest absolute Gasteiger partial charge is 0.338 e. The van der Waals surface area contributed by atoms with Crippen LogP contribution in [0.2, 0.25) is 0 Å². The number of aliphatic hydroxyl groups excluding tert-OH is 1. The first-order valence-electron chi connectivity index (χ1n) is 23.7. The molecule has 4 aliphatic carbocycles. The van der Waals surface area contributed by atoms with Crippen LogP contribution in [0.4, 0.5) is 0 Å². The summed E-state index contributed by atoms with van der Waals surface area (Å²) in [6.45, 7) is 10.5. The van der Waals surface area contributed by atoms with Crippen molar-refractivity contribution in [3.05, 3.63) is 41.5 Å². The van der Waals surface area contributed by atoms with Gasteiger partial charge in [0.05, 0.1) is 53.7 Å². The molecule has 17 nitrogen and oxygen atoms in total. The van der Waals surface area contributed by atoms with Gasteiger partial charge >= 0.3 is 5.97 Å². The summed E-state index contributed by atoms with van der Waals surface area (Å²) >= 11 is 0. The summed E-state index contributed by atoms with van der Waals surface area (Å²) in [5.74, 6) is -1.94. The Morgan fingerprint density at radius 3 is 1.83 bits per heavy atom. The third-order valence-corrected chi connectivity index (χ3v) is 17.2. The number of carbonyl (C=O) groups is 2. The Kier molecular flexibility index (Phi) is 14.0. The highest BCUT2D eigenvalue weighted by atomic mass is 16.7. The largest absolute Gasteiger partial charge is 0.508 e. The molecule has 0 aromatic heterocycles. The number of carbonyl (C=O) groups excluding carboxylic acids is 2. The predicted octanol–water partition coefficient (Wildman–Crippen LogP) is 4.01.